The number of carbonyl (C=O) groups is 1. The predicted octanol–water partition coefficient (Wildman–Crippen LogP) is 4.05. The van der Waals surface area contributed by atoms with Crippen molar-refractivity contribution < 1.29 is 14.3 Å². The number of alkyl halides is 3. The van der Waals surface area contributed by atoms with Crippen LogP contribution in [0.2, 0.25) is 0 Å². The van der Waals surface area contributed by atoms with E-state index in [4.69, 9.17) is 56.5 Å². The van der Waals surface area contributed by atoms with Crippen molar-refractivity contribution in [1.82, 2.24) is 10.6 Å². The van der Waals surface area contributed by atoms with Gasteiger partial charge in [0.2, 0.25) is 9.70 Å². The van der Waals surface area contributed by atoms with Crippen LogP contribution in [0.4, 0.5) is 5.69 Å². The number of halogens is 3. The van der Waals surface area contributed by atoms with E-state index in [1.165, 1.54) is 0 Å². The van der Waals surface area contributed by atoms with Crippen LogP contribution in [0.3, 0.4) is 0 Å². The van der Waals surface area contributed by atoms with Crippen molar-refractivity contribution in [2.75, 3.05) is 19.5 Å². The van der Waals surface area contributed by atoms with E-state index >= 15 is 0 Å². The lowest BCUT2D eigenvalue weighted by Gasteiger charge is -2.28. The maximum absolute atomic E-state index is 12.4. The average molecular weight is 477 g/mol. The fourth-order valence-electron chi connectivity index (χ4n) is 2.34. The first kappa shape index (κ1) is 23.3. The van der Waals surface area contributed by atoms with Gasteiger partial charge in [0.15, 0.2) is 5.11 Å². The van der Waals surface area contributed by atoms with Gasteiger partial charge in [-0.1, -0.05) is 53.0 Å². The Morgan fingerprint density at radius 3 is 2.28 bits per heavy atom. The van der Waals surface area contributed by atoms with Gasteiger partial charge in [-0.25, -0.2) is 0 Å². The lowest BCUT2D eigenvalue weighted by atomic mass is 10.1. The first-order chi connectivity index (χ1) is 13.7. The lowest BCUT2D eigenvalue weighted by molar-refractivity contribution is -0.121. The van der Waals surface area contributed by atoms with E-state index in [9.17, 15) is 4.79 Å². The molecule has 3 N–H and O–H groups in total. The Balaban J connectivity index is 1.98. The molecule has 156 valence electrons. The second-order valence-corrected chi connectivity index (χ2v) is 8.67. The Labute approximate surface area is 189 Å². The van der Waals surface area contributed by atoms with Crippen molar-refractivity contribution in [2.24, 2.45) is 0 Å². The van der Waals surface area contributed by atoms with Crippen LogP contribution in [0.5, 0.6) is 11.5 Å². The largest absolute Gasteiger partial charge is 0.497 e. The van der Waals surface area contributed by atoms with E-state index in [0.717, 1.165) is 5.56 Å². The van der Waals surface area contributed by atoms with Crippen LogP contribution in [0.25, 0.3) is 0 Å². The molecule has 2 aromatic carbocycles. The number of anilines is 1. The standard InChI is InChI=1S/C19H20Cl3N3O3S/c1-27-14-8-6-12(7-9-14)10-16(26)24-17(19(20,21)22)25-18(29)23-13-4-3-5-15(11-13)28-2/h3-9,11,17H,10H2,1-2H3,(H,24,26)(H2,23,25,29). The molecule has 1 amide bonds. The van der Waals surface area contributed by atoms with Gasteiger partial charge in [-0.05, 0) is 42.0 Å². The molecule has 0 aliphatic heterocycles. The Morgan fingerprint density at radius 1 is 1.03 bits per heavy atom. The Hall–Kier alpha value is -1.93. The molecule has 2 rings (SSSR count). The van der Waals surface area contributed by atoms with Crippen molar-refractivity contribution in [2.45, 2.75) is 16.4 Å². The molecule has 0 aromatic heterocycles. The van der Waals surface area contributed by atoms with Crippen LogP contribution in [-0.2, 0) is 11.2 Å². The molecule has 2 aromatic rings. The van der Waals surface area contributed by atoms with E-state index in [2.05, 4.69) is 16.0 Å². The highest BCUT2D eigenvalue weighted by Crippen LogP contribution is 2.29. The fourth-order valence-corrected chi connectivity index (χ4v) is 2.90. The normalized spacial score (nSPS) is 11.9. The van der Waals surface area contributed by atoms with E-state index < -0.39 is 9.96 Å². The summed E-state index contributed by atoms with van der Waals surface area (Å²) >= 11 is 23.3. The average Bonchev–Trinajstić information content (AvgIpc) is 2.67. The minimum absolute atomic E-state index is 0.0962. The molecule has 0 aliphatic carbocycles. The van der Waals surface area contributed by atoms with Crippen LogP contribution >= 0.6 is 47.0 Å². The molecule has 10 heteroatoms. The number of carbonyl (C=O) groups excluding carboxylic acids is 1. The van der Waals surface area contributed by atoms with Crippen molar-refractivity contribution >= 4 is 63.7 Å². The van der Waals surface area contributed by atoms with Crippen LogP contribution in [-0.4, -0.2) is 35.2 Å². The summed E-state index contributed by atoms with van der Waals surface area (Å²) in [5, 5.41) is 8.57. The zero-order chi connectivity index (χ0) is 21.4. The van der Waals surface area contributed by atoms with Gasteiger partial charge in [0.1, 0.15) is 17.7 Å². The summed E-state index contributed by atoms with van der Waals surface area (Å²) < 4.78 is 8.42. The topological polar surface area (TPSA) is 71.6 Å². The third-order valence-electron chi connectivity index (χ3n) is 3.76. The van der Waals surface area contributed by atoms with Gasteiger partial charge in [-0.3, -0.25) is 4.79 Å². The summed E-state index contributed by atoms with van der Waals surface area (Å²) in [6, 6.07) is 14.2. The van der Waals surface area contributed by atoms with Crippen molar-refractivity contribution in [3.05, 3.63) is 54.1 Å². The molecule has 0 radical (unpaired) electrons. The zero-order valence-corrected chi connectivity index (χ0v) is 18.8. The van der Waals surface area contributed by atoms with E-state index in [-0.39, 0.29) is 17.4 Å². The summed E-state index contributed by atoms with van der Waals surface area (Å²) in [7, 11) is 3.13. The molecule has 0 spiro atoms. The number of amides is 1. The second kappa shape index (κ2) is 10.7. The summed E-state index contributed by atoms with van der Waals surface area (Å²) in [6.07, 6.45) is -0.956. The molecule has 0 saturated heterocycles. The summed E-state index contributed by atoms with van der Waals surface area (Å²) in [6.45, 7) is 0. The van der Waals surface area contributed by atoms with Crippen molar-refractivity contribution in [1.29, 1.82) is 0 Å². The predicted molar refractivity (Wildman–Crippen MR) is 121 cm³/mol. The van der Waals surface area contributed by atoms with Crippen LogP contribution < -0.4 is 25.4 Å². The summed E-state index contributed by atoms with van der Waals surface area (Å²) in [5.74, 6) is 1.01. The SMILES string of the molecule is COc1ccc(CC(=O)NC(NC(=S)Nc2cccc(OC)c2)C(Cl)(Cl)Cl)cc1. The van der Waals surface area contributed by atoms with E-state index in [1.807, 2.05) is 0 Å². The lowest BCUT2D eigenvalue weighted by Crippen LogP contribution is -2.56. The van der Waals surface area contributed by atoms with Gasteiger partial charge >= 0.3 is 0 Å². The van der Waals surface area contributed by atoms with Gasteiger partial charge in [0.25, 0.3) is 0 Å². The number of nitrogens with one attached hydrogen (secondary N) is 3. The molecular weight excluding hydrogens is 457 g/mol. The Kier molecular flexibility index (Phi) is 8.64. The highest BCUT2D eigenvalue weighted by atomic mass is 35.6. The highest BCUT2D eigenvalue weighted by molar-refractivity contribution is 7.80. The molecule has 0 bridgehead atoms. The molecule has 0 aliphatic rings. The maximum atomic E-state index is 12.4. The second-order valence-electron chi connectivity index (χ2n) is 5.90. The van der Waals surface area contributed by atoms with Gasteiger partial charge in [0, 0.05) is 11.8 Å². The van der Waals surface area contributed by atoms with Crippen LogP contribution in [0, 0.1) is 0 Å². The summed E-state index contributed by atoms with van der Waals surface area (Å²) in [5.41, 5.74) is 1.46. The number of rotatable bonds is 7. The minimum atomic E-state index is -1.84. The molecule has 1 atom stereocenters. The quantitative estimate of drug-likeness (QED) is 0.318. The summed E-state index contributed by atoms with van der Waals surface area (Å²) in [4.78, 5) is 12.4. The van der Waals surface area contributed by atoms with Crippen LogP contribution in [0.1, 0.15) is 5.56 Å². The number of ether oxygens (including phenoxy) is 2. The fraction of sp³-hybridized carbons (Fsp3) is 0.263. The molecule has 1 unspecified atom stereocenters. The van der Waals surface area contributed by atoms with Crippen molar-refractivity contribution in [3.8, 4) is 11.5 Å². The van der Waals surface area contributed by atoms with E-state index in [0.29, 0.717) is 17.2 Å². The number of benzene rings is 2. The number of thiocarbonyl (C=S) groups is 1. The maximum Gasteiger partial charge on any atom is 0.228 e. The molecule has 6 nitrogen and oxygen atoms in total. The molecular formula is C19H20Cl3N3O3S. The molecule has 0 fully saturated rings. The van der Waals surface area contributed by atoms with Gasteiger partial charge in [-0.2, -0.15) is 0 Å². The van der Waals surface area contributed by atoms with Gasteiger partial charge in [0.05, 0.1) is 20.6 Å². The smallest absolute Gasteiger partial charge is 0.228 e. The monoisotopic (exact) mass is 475 g/mol. The minimum Gasteiger partial charge on any atom is -0.497 e. The van der Waals surface area contributed by atoms with Gasteiger partial charge in [-0.15, -0.1) is 0 Å². The first-order valence-corrected chi connectivity index (χ1v) is 9.96. The molecule has 29 heavy (non-hydrogen) atoms. The number of hydrogen-bond donors (Lipinski definition) is 3. The third kappa shape index (κ3) is 7.78. The van der Waals surface area contributed by atoms with Crippen molar-refractivity contribution in [3.63, 3.8) is 0 Å². The molecule has 0 heterocycles. The van der Waals surface area contributed by atoms with E-state index in [1.54, 1.807) is 62.8 Å². The highest BCUT2D eigenvalue weighted by Gasteiger charge is 2.34. The van der Waals surface area contributed by atoms with Crippen LogP contribution in [0.15, 0.2) is 48.5 Å². The third-order valence-corrected chi connectivity index (χ3v) is 4.63. The number of methoxy groups -OCH3 is 2. The zero-order valence-electron chi connectivity index (χ0n) is 15.7. The Morgan fingerprint density at radius 2 is 1.69 bits per heavy atom. The number of hydrogen-bond acceptors (Lipinski definition) is 4. The van der Waals surface area contributed by atoms with Gasteiger partial charge < -0.3 is 25.4 Å². The molecule has 0 saturated carbocycles. The Bertz CT molecular complexity index is 845. The first-order valence-electron chi connectivity index (χ1n) is 8.42.